The number of likely N-dealkylation sites (tertiary alicyclic amines) is 1. The molecule has 6 unspecified atom stereocenters. The largest absolute Gasteiger partial charge is 0.327 e. The first-order valence-corrected chi connectivity index (χ1v) is 8.14. The molecule has 0 radical (unpaired) electrons. The summed E-state index contributed by atoms with van der Waals surface area (Å²) in [7, 11) is 0. The number of rotatable bonds is 1. The molecule has 6 atom stereocenters. The smallest absolute Gasteiger partial charge is 0.0121 e. The highest BCUT2D eigenvalue weighted by Gasteiger charge is 2.42. The SMILES string of the molecule is CC1CCC(N2CC3CCCC(N)C3C2)C(C)C1. The summed E-state index contributed by atoms with van der Waals surface area (Å²) in [5, 5.41) is 0. The molecule has 104 valence electrons. The van der Waals surface area contributed by atoms with Crippen molar-refractivity contribution in [3.05, 3.63) is 0 Å². The molecule has 0 aromatic heterocycles. The minimum absolute atomic E-state index is 0.492. The summed E-state index contributed by atoms with van der Waals surface area (Å²) in [6, 6.07) is 1.35. The van der Waals surface area contributed by atoms with E-state index in [0.717, 1.165) is 29.7 Å². The van der Waals surface area contributed by atoms with E-state index in [1.54, 1.807) is 0 Å². The highest BCUT2D eigenvalue weighted by molar-refractivity contribution is 4.96. The third-order valence-corrected chi connectivity index (χ3v) is 6.04. The summed E-state index contributed by atoms with van der Waals surface area (Å²) in [4.78, 5) is 2.82. The van der Waals surface area contributed by atoms with Gasteiger partial charge in [0.25, 0.3) is 0 Å². The van der Waals surface area contributed by atoms with E-state index >= 15 is 0 Å². The maximum absolute atomic E-state index is 6.34. The Hall–Kier alpha value is -0.0800. The van der Waals surface area contributed by atoms with Crippen molar-refractivity contribution in [2.24, 2.45) is 29.4 Å². The summed E-state index contributed by atoms with van der Waals surface area (Å²) >= 11 is 0. The number of nitrogens with zero attached hydrogens (tertiary/aromatic N) is 1. The van der Waals surface area contributed by atoms with Crippen LogP contribution in [0.5, 0.6) is 0 Å². The third-order valence-electron chi connectivity index (χ3n) is 6.04. The van der Waals surface area contributed by atoms with Gasteiger partial charge in [0.1, 0.15) is 0 Å². The van der Waals surface area contributed by atoms with Crippen LogP contribution in [-0.2, 0) is 0 Å². The molecule has 0 bridgehead atoms. The van der Waals surface area contributed by atoms with Crippen LogP contribution in [0.25, 0.3) is 0 Å². The first kappa shape index (κ1) is 12.9. The molecule has 0 aromatic rings. The molecule has 3 fully saturated rings. The fourth-order valence-electron chi connectivity index (χ4n) is 5.01. The van der Waals surface area contributed by atoms with Crippen molar-refractivity contribution in [1.29, 1.82) is 0 Å². The molecule has 1 saturated heterocycles. The first-order valence-electron chi connectivity index (χ1n) is 8.14. The zero-order chi connectivity index (χ0) is 12.7. The summed E-state index contributed by atoms with van der Waals surface area (Å²) in [5.74, 6) is 3.57. The van der Waals surface area contributed by atoms with Crippen molar-refractivity contribution < 1.29 is 0 Å². The van der Waals surface area contributed by atoms with Gasteiger partial charge in [-0.1, -0.05) is 20.3 Å². The maximum atomic E-state index is 6.34. The highest BCUT2D eigenvalue weighted by Crippen LogP contribution is 2.40. The molecule has 1 aliphatic heterocycles. The summed E-state index contributed by atoms with van der Waals surface area (Å²) in [5.41, 5.74) is 6.34. The van der Waals surface area contributed by atoms with E-state index in [1.807, 2.05) is 0 Å². The second kappa shape index (κ2) is 5.13. The Morgan fingerprint density at radius 3 is 2.56 bits per heavy atom. The Morgan fingerprint density at radius 2 is 1.83 bits per heavy atom. The molecular weight excluding hydrogens is 220 g/mol. The quantitative estimate of drug-likeness (QED) is 0.775. The lowest BCUT2D eigenvalue weighted by Crippen LogP contribution is -2.42. The minimum atomic E-state index is 0.492. The fourth-order valence-corrected chi connectivity index (χ4v) is 5.01. The van der Waals surface area contributed by atoms with Gasteiger partial charge in [-0.25, -0.2) is 0 Å². The Kier molecular flexibility index (Phi) is 3.68. The van der Waals surface area contributed by atoms with E-state index in [9.17, 15) is 0 Å². The van der Waals surface area contributed by atoms with E-state index in [-0.39, 0.29) is 0 Å². The van der Waals surface area contributed by atoms with E-state index in [0.29, 0.717) is 6.04 Å². The van der Waals surface area contributed by atoms with E-state index in [4.69, 9.17) is 5.73 Å². The molecule has 0 spiro atoms. The van der Waals surface area contributed by atoms with E-state index in [2.05, 4.69) is 18.7 Å². The van der Waals surface area contributed by atoms with Gasteiger partial charge in [0.15, 0.2) is 0 Å². The maximum Gasteiger partial charge on any atom is 0.0121 e. The molecule has 2 saturated carbocycles. The monoisotopic (exact) mass is 250 g/mol. The van der Waals surface area contributed by atoms with Crippen LogP contribution < -0.4 is 5.73 Å². The van der Waals surface area contributed by atoms with Gasteiger partial charge in [-0.05, 0) is 55.8 Å². The summed E-state index contributed by atoms with van der Waals surface area (Å²) in [6.45, 7) is 7.55. The van der Waals surface area contributed by atoms with Gasteiger partial charge in [-0.3, -0.25) is 4.90 Å². The normalized spacial score (nSPS) is 50.2. The second-order valence-electron chi connectivity index (χ2n) is 7.44. The van der Waals surface area contributed by atoms with Gasteiger partial charge in [0.2, 0.25) is 0 Å². The van der Waals surface area contributed by atoms with Crippen molar-refractivity contribution in [3.8, 4) is 0 Å². The van der Waals surface area contributed by atoms with Crippen LogP contribution in [0.3, 0.4) is 0 Å². The minimum Gasteiger partial charge on any atom is -0.327 e. The van der Waals surface area contributed by atoms with Gasteiger partial charge in [0, 0.05) is 25.2 Å². The topological polar surface area (TPSA) is 29.3 Å². The Bertz CT molecular complexity index is 291. The number of hydrogen-bond acceptors (Lipinski definition) is 2. The van der Waals surface area contributed by atoms with Crippen molar-refractivity contribution in [2.75, 3.05) is 13.1 Å². The van der Waals surface area contributed by atoms with E-state index in [1.165, 1.54) is 51.6 Å². The van der Waals surface area contributed by atoms with Crippen LogP contribution in [-0.4, -0.2) is 30.1 Å². The van der Waals surface area contributed by atoms with Crippen molar-refractivity contribution >= 4 is 0 Å². The standard InChI is InChI=1S/C16H30N2/c1-11-6-7-16(12(2)8-11)18-9-13-4-3-5-15(17)14(13)10-18/h11-16H,3-10,17H2,1-2H3. The van der Waals surface area contributed by atoms with Crippen LogP contribution in [0.15, 0.2) is 0 Å². The molecule has 3 rings (SSSR count). The van der Waals surface area contributed by atoms with Crippen LogP contribution in [0, 0.1) is 23.7 Å². The van der Waals surface area contributed by atoms with Gasteiger partial charge in [0.05, 0.1) is 0 Å². The van der Waals surface area contributed by atoms with Crippen molar-refractivity contribution in [3.63, 3.8) is 0 Å². The number of nitrogens with two attached hydrogens (primary N) is 1. The van der Waals surface area contributed by atoms with Crippen molar-refractivity contribution in [1.82, 2.24) is 4.90 Å². The zero-order valence-corrected chi connectivity index (χ0v) is 12.1. The highest BCUT2D eigenvalue weighted by atomic mass is 15.2. The van der Waals surface area contributed by atoms with Gasteiger partial charge in [-0.2, -0.15) is 0 Å². The average molecular weight is 250 g/mol. The molecule has 2 heteroatoms. The van der Waals surface area contributed by atoms with Crippen LogP contribution in [0.2, 0.25) is 0 Å². The number of hydrogen-bond donors (Lipinski definition) is 1. The molecule has 2 nitrogen and oxygen atoms in total. The molecule has 2 N–H and O–H groups in total. The van der Waals surface area contributed by atoms with Crippen LogP contribution in [0.1, 0.15) is 52.4 Å². The van der Waals surface area contributed by atoms with Crippen molar-refractivity contribution in [2.45, 2.75) is 64.5 Å². The fraction of sp³-hybridized carbons (Fsp3) is 1.00. The van der Waals surface area contributed by atoms with Gasteiger partial charge in [-0.15, -0.1) is 0 Å². The first-order chi connectivity index (χ1) is 8.65. The Balaban J connectivity index is 1.64. The molecule has 2 aliphatic carbocycles. The van der Waals surface area contributed by atoms with E-state index < -0.39 is 0 Å². The predicted octanol–water partition coefficient (Wildman–Crippen LogP) is 2.87. The molecular formula is C16H30N2. The van der Waals surface area contributed by atoms with Crippen LogP contribution in [0.4, 0.5) is 0 Å². The lowest BCUT2D eigenvalue weighted by atomic mass is 9.78. The Labute approximate surface area is 112 Å². The molecule has 0 aromatic carbocycles. The van der Waals surface area contributed by atoms with Gasteiger partial charge < -0.3 is 5.73 Å². The molecule has 3 aliphatic rings. The second-order valence-corrected chi connectivity index (χ2v) is 7.44. The third kappa shape index (κ3) is 2.34. The lowest BCUT2D eigenvalue weighted by molar-refractivity contribution is 0.110. The molecule has 18 heavy (non-hydrogen) atoms. The summed E-state index contributed by atoms with van der Waals surface area (Å²) < 4.78 is 0. The van der Waals surface area contributed by atoms with Gasteiger partial charge >= 0.3 is 0 Å². The van der Waals surface area contributed by atoms with Crippen LogP contribution >= 0.6 is 0 Å². The number of fused-ring (bicyclic) bond motifs is 1. The zero-order valence-electron chi connectivity index (χ0n) is 12.1. The average Bonchev–Trinajstić information content (AvgIpc) is 2.74. The molecule has 1 heterocycles. The summed E-state index contributed by atoms with van der Waals surface area (Å²) in [6.07, 6.45) is 8.37. The predicted molar refractivity (Wildman–Crippen MR) is 76.3 cm³/mol. The molecule has 0 amide bonds. The lowest BCUT2D eigenvalue weighted by Gasteiger charge is -2.39. The Morgan fingerprint density at radius 1 is 1.00 bits per heavy atom.